The average molecular weight is 320 g/mol. The maximum Gasteiger partial charge on any atom is 0.409 e. The third-order valence-corrected chi connectivity index (χ3v) is 4.44. The summed E-state index contributed by atoms with van der Waals surface area (Å²) in [6, 6.07) is 2.09. The van der Waals surface area contributed by atoms with Crippen LogP contribution in [-0.2, 0) is 9.47 Å². The van der Waals surface area contributed by atoms with Crippen LogP contribution < -0.4 is 4.90 Å². The molecule has 2 saturated heterocycles. The molecule has 23 heavy (non-hydrogen) atoms. The van der Waals surface area contributed by atoms with E-state index in [2.05, 4.69) is 20.9 Å². The molecule has 0 bridgehead atoms. The molecule has 1 amide bonds. The molecule has 0 unspecified atom stereocenters. The Morgan fingerprint density at radius 1 is 1.26 bits per heavy atom. The first-order valence-electron chi connectivity index (χ1n) is 8.34. The van der Waals surface area contributed by atoms with E-state index in [1.165, 1.54) is 0 Å². The molecule has 0 aliphatic carbocycles. The Kier molecular flexibility index (Phi) is 5.27. The first-order valence-corrected chi connectivity index (χ1v) is 8.34. The van der Waals surface area contributed by atoms with E-state index in [1.54, 1.807) is 11.2 Å². The molecule has 2 fully saturated rings. The van der Waals surface area contributed by atoms with Crippen LogP contribution in [0.4, 0.5) is 10.6 Å². The number of carbonyl (C=O) groups is 1. The number of hydrogen-bond donors (Lipinski definition) is 0. The average Bonchev–Trinajstić information content (AvgIpc) is 2.63. The van der Waals surface area contributed by atoms with Crippen LogP contribution in [0.1, 0.15) is 31.4 Å². The summed E-state index contributed by atoms with van der Waals surface area (Å²) in [5.41, 5.74) is 1.10. The van der Waals surface area contributed by atoms with Crippen LogP contribution in [0.25, 0.3) is 0 Å². The van der Waals surface area contributed by atoms with Crippen molar-refractivity contribution in [3.8, 4) is 0 Å². The van der Waals surface area contributed by atoms with Gasteiger partial charge in [0.2, 0.25) is 0 Å². The topological polar surface area (TPSA) is 67.8 Å². The maximum absolute atomic E-state index is 11.7. The predicted molar refractivity (Wildman–Crippen MR) is 85.6 cm³/mol. The van der Waals surface area contributed by atoms with Gasteiger partial charge in [-0.1, -0.05) is 0 Å². The van der Waals surface area contributed by atoms with E-state index in [-0.39, 0.29) is 6.09 Å². The summed E-state index contributed by atoms with van der Waals surface area (Å²) in [6.45, 7) is 6.72. The van der Waals surface area contributed by atoms with Gasteiger partial charge in [0.15, 0.2) is 0 Å². The van der Waals surface area contributed by atoms with Crippen molar-refractivity contribution in [1.29, 1.82) is 0 Å². The molecule has 2 aliphatic rings. The number of amides is 1. The van der Waals surface area contributed by atoms with Gasteiger partial charge in [0.1, 0.15) is 12.1 Å². The molecule has 3 heterocycles. The second kappa shape index (κ2) is 7.59. The van der Waals surface area contributed by atoms with Crippen molar-refractivity contribution in [3.05, 3.63) is 18.1 Å². The normalized spacial score (nSPS) is 19.7. The van der Waals surface area contributed by atoms with Gasteiger partial charge in [-0.15, -0.1) is 0 Å². The SMILES string of the molecule is CCOC(=O)N1CCN(c2cc(C3CCOCC3)ncn2)CC1. The molecule has 0 atom stereocenters. The fourth-order valence-electron chi connectivity index (χ4n) is 3.08. The lowest BCUT2D eigenvalue weighted by Crippen LogP contribution is -2.49. The fraction of sp³-hybridized carbons (Fsp3) is 0.688. The number of nitrogens with zero attached hydrogens (tertiary/aromatic N) is 4. The van der Waals surface area contributed by atoms with Crippen LogP contribution in [0.15, 0.2) is 12.4 Å². The van der Waals surface area contributed by atoms with Crippen LogP contribution in [0.2, 0.25) is 0 Å². The van der Waals surface area contributed by atoms with Crippen molar-refractivity contribution in [2.75, 3.05) is 50.9 Å². The fourth-order valence-corrected chi connectivity index (χ4v) is 3.08. The van der Waals surface area contributed by atoms with Gasteiger partial charge in [-0.2, -0.15) is 0 Å². The molecule has 3 rings (SSSR count). The zero-order chi connectivity index (χ0) is 16.1. The van der Waals surface area contributed by atoms with Gasteiger partial charge in [0, 0.05) is 57.1 Å². The predicted octanol–water partition coefficient (Wildman–Crippen LogP) is 1.65. The van der Waals surface area contributed by atoms with Crippen molar-refractivity contribution in [2.24, 2.45) is 0 Å². The van der Waals surface area contributed by atoms with Crippen LogP contribution >= 0.6 is 0 Å². The molecular weight excluding hydrogens is 296 g/mol. The molecule has 1 aromatic rings. The number of ether oxygens (including phenoxy) is 2. The van der Waals surface area contributed by atoms with Crippen molar-refractivity contribution >= 4 is 11.9 Å². The summed E-state index contributed by atoms with van der Waals surface area (Å²) in [4.78, 5) is 24.6. The first-order chi connectivity index (χ1) is 11.3. The smallest absolute Gasteiger partial charge is 0.409 e. The van der Waals surface area contributed by atoms with E-state index in [1.807, 2.05) is 6.92 Å². The third kappa shape index (κ3) is 3.90. The summed E-state index contributed by atoms with van der Waals surface area (Å²) in [5.74, 6) is 1.41. The standard InChI is InChI=1S/C16H24N4O3/c1-2-23-16(21)20-7-5-19(6-8-20)15-11-14(17-12-18-15)13-3-9-22-10-4-13/h11-13H,2-10H2,1H3. The molecule has 7 heteroatoms. The lowest BCUT2D eigenvalue weighted by atomic mass is 9.96. The summed E-state index contributed by atoms with van der Waals surface area (Å²) >= 11 is 0. The molecule has 0 saturated carbocycles. The number of carbonyl (C=O) groups excluding carboxylic acids is 1. The minimum Gasteiger partial charge on any atom is -0.450 e. The number of rotatable bonds is 3. The second-order valence-electron chi connectivity index (χ2n) is 5.86. The van der Waals surface area contributed by atoms with Crippen LogP contribution in [0.5, 0.6) is 0 Å². The first kappa shape index (κ1) is 16.0. The summed E-state index contributed by atoms with van der Waals surface area (Å²) in [5, 5.41) is 0. The molecule has 0 aromatic carbocycles. The lowest BCUT2D eigenvalue weighted by molar-refractivity contribution is 0.0845. The van der Waals surface area contributed by atoms with E-state index < -0.39 is 0 Å². The van der Waals surface area contributed by atoms with Crippen LogP contribution in [0, 0.1) is 0 Å². The minimum absolute atomic E-state index is 0.224. The number of piperazine rings is 1. The van der Waals surface area contributed by atoms with Gasteiger partial charge in [-0.25, -0.2) is 14.8 Å². The Hall–Kier alpha value is -1.89. The van der Waals surface area contributed by atoms with E-state index in [0.29, 0.717) is 25.6 Å². The highest BCUT2D eigenvalue weighted by Gasteiger charge is 2.24. The van der Waals surface area contributed by atoms with Crippen molar-refractivity contribution in [1.82, 2.24) is 14.9 Å². The van der Waals surface area contributed by atoms with E-state index in [0.717, 1.165) is 50.7 Å². The van der Waals surface area contributed by atoms with Gasteiger partial charge in [-0.05, 0) is 19.8 Å². The highest BCUT2D eigenvalue weighted by molar-refractivity contribution is 5.68. The molecule has 0 N–H and O–H groups in total. The van der Waals surface area contributed by atoms with Gasteiger partial charge in [-0.3, -0.25) is 0 Å². The number of aromatic nitrogens is 2. The Bertz CT molecular complexity index is 526. The summed E-state index contributed by atoms with van der Waals surface area (Å²) < 4.78 is 10.5. The molecule has 126 valence electrons. The molecule has 0 radical (unpaired) electrons. The Morgan fingerprint density at radius 2 is 2.00 bits per heavy atom. The Labute approximate surface area is 136 Å². The largest absolute Gasteiger partial charge is 0.450 e. The van der Waals surface area contributed by atoms with Gasteiger partial charge in [0.25, 0.3) is 0 Å². The molecule has 1 aromatic heterocycles. The van der Waals surface area contributed by atoms with Gasteiger partial charge < -0.3 is 19.3 Å². The van der Waals surface area contributed by atoms with Crippen molar-refractivity contribution in [2.45, 2.75) is 25.7 Å². The monoisotopic (exact) mass is 320 g/mol. The molecule has 7 nitrogen and oxygen atoms in total. The molecular formula is C16H24N4O3. The zero-order valence-electron chi connectivity index (χ0n) is 13.6. The van der Waals surface area contributed by atoms with Gasteiger partial charge >= 0.3 is 6.09 Å². The van der Waals surface area contributed by atoms with E-state index in [4.69, 9.17) is 9.47 Å². The van der Waals surface area contributed by atoms with E-state index in [9.17, 15) is 4.79 Å². The quantitative estimate of drug-likeness (QED) is 0.843. The highest BCUT2D eigenvalue weighted by atomic mass is 16.6. The highest BCUT2D eigenvalue weighted by Crippen LogP contribution is 2.27. The number of hydrogen-bond acceptors (Lipinski definition) is 6. The second-order valence-corrected chi connectivity index (χ2v) is 5.86. The van der Waals surface area contributed by atoms with Gasteiger partial charge in [0.05, 0.1) is 6.61 Å². The molecule has 0 spiro atoms. The van der Waals surface area contributed by atoms with Crippen molar-refractivity contribution < 1.29 is 14.3 Å². The Morgan fingerprint density at radius 3 is 2.70 bits per heavy atom. The zero-order valence-corrected chi connectivity index (χ0v) is 13.6. The molecule has 2 aliphatic heterocycles. The third-order valence-electron chi connectivity index (χ3n) is 4.44. The number of anilines is 1. The van der Waals surface area contributed by atoms with Crippen LogP contribution in [0.3, 0.4) is 0 Å². The maximum atomic E-state index is 11.7. The summed E-state index contributed by atoms with van der Waals surface area (Å²) in [7, 11) is 0. The lowest BCUT2D eigenvalue weighted by Gasteiger charge is -2.35. The van der Waals surface area contributed by atoms with E-state index >= 15 is 0 Å². The summed E-state index contributed by atoms with van der Waals surface area (Å²) in [6.07, 6.45) is 3.47. The van der Waals surface area contributed by atoms with Crippen LogP contribution in [-0.4, -0.2) is 67.0 Å². The Balaban J connectivity index is 1.61. The van der Waals surface area contributed by atoms with Crippen molar-refractivity contribution in [3.63, 3.8) is 0 Å². The minimum atomic E-state index is -0.224.